The molecular formula is C28H29BrN2O6S. The molecule has 3 aromatic rings. The summed E-state index contributed by atoms with van der Waals surface area (Å²) in [5.74, 6) is 1.23. The zero-order valence-corrected chi connectivity index (χ0v) is 24.3. The maximum Gasteiger partial charge on any atom is 0.338 e. The van der Waals surface area contributed by atoms with Crippen molar-refractivity contribution >= 4 is 39.3 Å². The van der Waals surface area contributed by atoms with E-state index in [0.717, 1.165) is 17.7 Å². The van der Waals surface area contributed by atoms with Gasteiger partial charge in [0.2, 0.25) is 0 Å². The Labute approximate surface area is 233 Å². The molecule has 0 bridgehead atoms. The highest BCUT2D eigenvalue weighted by atomic mass is 79.9. The molecule has 0 saturated carbocycles. The molecular weight excluding hydrogens is 572 g/mol. The summed E-state index contributed by atoms with van der Waals surface area (Å²) in [6.45, 7) is 6.38. The van der Waals surface area contributed by atoms with Crippen molar-refractivity contribution in [3.05, 3.63) is 83.0 Å². The number of rotatable bonds is 9. The summed E-state index contributed by atoms with van der Waals surface area (Å²) in [7, 11) is 3.08. The Morgan fingerprint density at radius 2 is 1.82 bits per heavy atom. The van der Waals surface area contributed by atoms with E-state index in [-0.39, 0.29) is 17.7 Å². The standard InChI is InChI=1S/C28H29BrN2O6S/c1-6-12-37-18-10-8-17(9-11-18)13-23-26(32)31-25(19-14-21(34-4)22(35-5)15-20(19)29)24(27(33)36-7-2)16(3)30-28(31)38-23/h8-11,13-15,25H,6-7,12H2,1-5H3/b23-13-/t25-/m1/s1. The summed E-state index contributed by atoms with van der Waals surface area (Å²) in [5.41, 5.74) is 2.01. The molecule has 1 aromatic heterocycles. The van der Waals surface area contributed by atoms with Gasteiger partial charge in [-0.05, 0) is 61.7 Å². The highest BCUT2D eigenvalue weighted by Gasteiger charge is 2.35. The van der Waals surface area contributed by atoms with Crippen LogP contribution >= 0.6 is 27.3 Å². The van der Waals surface area contributed by atoms with Gasteiger partial charge < -0.3 is 18.9 Å². The number of hydrogen-bond acceptors (Lipinski definition) is 8. The van der Waals surface area contributed by atoms with Gasteiger partial charge in [0.25, 0.3) is 5.56 Å². The van der Waals surface area contributed by atoms with Crippen LogP contribution in [-0.4, -0.2) is 38.0 Å². The number of carbonyl (C=O) groups is 1. The van der Waals surface area contributed by atoms with Gasteiger partial charge in [0.1, 0.15) is 5.75 Å². The largest absolute Gasteiger partial charge is 0.494 e. The van der Waals surface area contributed by atoms with Crippen molar-refractivity contribution in [1.29, 1.82) is 0 Å². The average molecular weight is 602 g/mol. The van der Waals surface area contributed by atoms with Crippen LogP contribution in [0.4, 0.5) is 0 Å². The summed E-state index contributed by atoms with van der Waals surface area (Å²) in [6.07, 6.45) is 2.74. The number of nitrogens with zero attached hydrogens (tertiary/aromatic N) is 2. The number of allylic oxidation sites excluding steroid dienone is 1. The lowest BCUT2D eigenvalue weighted by Gasteiger charge is -2.26. The number of thiazole rings is 1. The number of hydrogen-bond donors (Lipinski definition) is 0. The van der Waals surface area contributed by atoms with Gasteiger partial charge in [0.05, 0.1) is 49.3 Å². The molecule has 1 aliphatic heterocycles. The normalized spacial score (nSPS) is 15.1. The number of aromatic nitrogens is 1. The molecule has 2 aromatic carbocycles. The highest BCUT2D eigenvalue weighted by molar-refractivity contribution is 9.10. The van der Waals surface area contributed by atoms with Crippen LogP contribution < -0.4 is 29.1 Å². The highest BCUT2D eigenvalue weighted by Crippen LogP contribution is 2.40. The second-order valence-electron chi connectivity index (χ2n) is 8.45. The van der Waals surface area contributed by atoms with E-state index in [1.54, 1.807) is 37.7 Å². The number of esters is 1. The minimum atomic E-state index is -0.786. The van der Waals surface area contributed by atoms with Crippen LogP contribution in [0, 0.1) is 0 Å². The smallest absolute Gasteiger partial charge is 0.338 e. The Morgan fingerprint density at radius 1 is 1.13 bits per heavy atom. The van der Waals surface area contributed by atoms with Crippen molar-refractivity contribution in [2.45, 2.75) is 33.2 Å². The van der Waals surface area contributed by atoms with Gasteiger partial charge in [0, 0.05) is 4.47 Å². The Hall–Kier alpha value is -3.37. The fourth-order valence-corrected chi connectivity index (χ4v) is 5.78. The molecule has 1 aliphatic rings. The lowest BCUT2D eigenvalue weighted by atomic mass is 9.95. The van der Waals surface area contributed by atoms with Crippen molar-refractivity contribution in [2.75, 3.05) is 27.4 Å². The first-order valence-electron chi connectivity index (χ1n) is 12.2. The van der Waals surface area contributed by atoms with Crippen LogP contribution in [0.25, 0.3) is 6.08 Å². The second-order valence-corrected chi connectivity index (χ2v) is 10.3. The Bertz CT molecular complexity index is 1560. The van der Waals surface area contributed by atoms with E-state index in [0.29, 0.717) is 43.2 Å². The van der Waals surface area contributed by atoms with Gasteiger partial charge >= 0.3 is 5.97 Å². The maximum atomic E-state index is 13.8. The molecule has 0 unspecified atom stereocenters. The van der Waals surface area contributed by atoms with Crippen molar-refractivity contribution in [2.24, 2.45) is 4.99 Å². The van der Waals surface area contributed by atoms with E-state index in [4.69, 9.17) is 18.9 Å². The number of halogens is 1. The topological polar surface area (TPSA) is 88.3 Å². The van der Waals surface area contributed by atoms with Gasteiger partial charge in [0.15, 0.2) is 16.3 Å². The molecule has 0 spiro atoms. The minimum Gasteiger partial charge on any atom is -0.494 e. The SMILES string of the molecule is CCCOc1ccc(/C=c2\sc3n(c2=O)[C@H](c2cc(OC)c(OC)cc2Br)C(C(=O)OCC)=C(C)N=3)cc1. The molecule has 0 aliphatic carbocycles. The van der Waals surface area contributed by atoms with Gasteiger partial charge in [-0.2, -0.15) is 0 Å². The van der Waals surface area contributed by atoms with Crippen LogP contribution in [0.1, 0.15) is 44.4 Å². The molecule has 0 N–H and O–H groups in total. The third kappa shape index (κ3) is 5.42. The minimum absolute atomic E-state index is 0.192. The third-order valence-corrected chi connectivity index (χ3v) is 7.63. The Kier molecular flexibility index (Phi) is 8.73. The van der Waals surface area contributed by atoms with Gasteiger partial charge in [-0.3, -0.25) is 9.36 Å². The average Bonchev–Trinajstić information content (AvgIpc) is 3.21. The zero-order chi connectivity index (χ0) is 27.4. The van der Waals surface area contributed by atoms with Crippen LogP contribution in [0.5, 0.6) is 17.2 Å². The summed E-state index contributed by atoms with van der Waals surface area (Å²) in [5, 5.41) is 0. The van der Waals surface area contributed by atoms with Gasteiger partial charge in [-0.1, -0.05) is 46.3 Å². The number of ether oxygens (including phenoxy) is 4. The van der Waals surface area contributed by atoms with Crippen LogP contribution in [-0.2, 0) is 9.53 Å². The predicted molar refractivity (Wildman–Crippen MR) is 150 cm³/mol. The third-order valence-electron chi connectivity index (χ3n) is 5.97. The maximum absolute atomic E-state index is 13.8. The first-order chi connectivity index (χ1) is 18.3. The lowest BCUT2D eigenvalue weighted by molar-refractivity contribution is -0.139. The summed E-state index contributed by atoms with van der Waals surface area (Å²) in [4.78, 5) is 32.1. The number of methoxy groups -OCH3 is 2. The molecule has 0 amide bonds. The van der Waals surface area contributed by atoms with Gasteiger partial charge in [-0.15, -0.1) is 0 Å². The van der Waals surface area contributed by atoms with Crippen LogP contribution in [0.2, 0.25) is 0 Å². The van der Waals surface area contributed by atoms with Crippen molar-refractivity contribution in [1.82, 2.24) is 4.57 Å². The fraction of sp³-hybridized carbons (Fsp3) is 0.321. The van der Waals surface area contributed by atoms with E-state index in [1.807, 2.05) is 30.3 Å². The monoisotopic (exact) mass is 600 g/mol. The molecule has 1 atom stereocenters. The Morgan fingerprint density at radius 3 is 2.45 bits per heavy atom. The van der Waals surface area contributed by atoms with Crippen LogP contribution in [0.3, 0.4) is 0 Å². The van der Waals surface area contributed by atoms with Crippen molar-refractivity contribution in [3.8, 4) is 17.2 Å². The molecule has 4 rings (SSSR count). The van der Waals surface area contributed by atoms with Crippen LogP contribution in [0.15, 0.2) is 61.9 Å². The molecule has 0 saturated heterocycles. The van der Waals surface area contributed by atoms with Crippen molar-refractivity contribution < 1.29 is 23.7 Å². The second kappa shape index (κ2) is 12.0. The molecule has 38 heavy (non-hydrogen) atoms. The summed E-state index contributed by atoms with van der Waals surface area (Å²) < 4.78 is 24.7. The number of benzene rings is 2. The van der Waals surface area contributed by atoms with E-state index >= 15 is 0 Å². The molecule has 0 fully saturated rings. The van der Waals surface area contributed by atoms with Gasteiger partial charge in [-0.25, -0.2) is 9.79 Å². The molecule has 10 heteroatoms. The summed E-state index contributed by atoms with van der Waals surface area (Å²) >= 11 is 4.88. The lowest BCUT2D eigenvalue weighted by Crippen LogP contribution is -2.40. The van der Waals surface area contributed by atoms with E-state index in [2.05, 4.69) is 27.8 Å². The number of fused-ring (bicyclic) bond motifs is 1. The fourth-order valence-electron chi connectivity index (χ4n) is 4.20. The number of carbonyl (C=O) groups excluding carboxylic acids is 1. The quantitative estimate of drug-likeness (QED) is 0.339. The van der Waals surface area contributed by atoms with E-state index in [9.17, 15) is 9.59 Å². The molecule has 200 valence electrons. The van der Waals surface area contributed by atoms with Crippen molar-refractivity contribution in [3.63, 3.8) is 0 Å². The molecule has 0 radical (unpaired) electrons. The Balaban J connectivity index is 1.91. The summed E-state index contributed by atoms with van der Waals surface area (Å²) in [6, 6.07) is 10.3. The first kappa shape index (κ1) is 27.7. The zero-order valence-electron chi connectivity index (χ0n) is 21.9. The van der Waals surface area contributed by atoms with E-state index < -0.39 is 12.0 Å². The molecule has 2 heterocycles. The van der Waals surface area contributed by atoms with E-state index in [1.165, 1.54) is 18.4 Å². The first-order valence-corrected chi connectivity index (χ1v) is 13.8. The predicted octanol–water partition coefficient (Wildman–Crippen LogP) is 4.37. The molecule has 8 nitrogen and oxygen atoms in total.